The summed E-state index contributed by atoms with van der Waals surface area (Å²) in [6.07, 6.45) is 3.40. The molecule has 3 heteroatoms. The summed E-state index contributed by atoms with van der Waals surface area (Å²) in [7, 11) is 0. The third-order valence-corrected chi connectivity index (χ3v) is 3.39. The van der Waals surface area contributed by atoms with Gasteiger partial charge in [-0.15, -0.1) is 6.58 Å². The van der Waals surface area contributed by atoms with Crippen LogP contribution in [0.2, 0.25) is 0 Å². The minimum Gasteiger partial charge on any atom is -0.624 e. The van der Waals surface area contributed by atoms with Crippen LogP contribution in [0.5, 0.6) is 0 Å². The van der Waals surface area contributed by atoms with Gasteiger partial charge in [0.1, 0.15) is 6.61 Å². The molecule has 0 aliphatic rings. The highest BCUT2D eigenvalue weighted by atomic mass is 16.5. The molecule has 0 aliphatic heterocycles. The van der Waals surface area contributed by atoms with Crippen LogP contribution in [-0.2, 0) is 11.3 Å². The van der Waals surface area contributed by atoms with Gasteiger partial charge in [0.2, 0.25) is 0 Å². The highest BCUT2D eigenvalue weighted by Crippen LogP contribution is 2.16. The van der Waals surface area contributed by atoms with Crippen LogP contribution < -0.4 is 0 Å². The monoisotopic (exact) mass is 295 g/mol. The Morgan fingerprint density at radius 3 is 2.32 bits per heavy atom. The summed E-state index contributed by atoms with van der Waals surface area (Å²) < 4.78 is 6.48. The van der Waals surface area contributed by atoms with E-state index in [1.54, 1.807) is 0 Å². The average Bonchev–Trinajstić information content (AvgIpc) is 2.56. The summed E-state index contributed by atoms with van der Waals surface area (Å²) in [4.78, 5) is 0. The maximum atomic E-state index is 11.8. The van der Waals surface area contributed by atoms with Crippen LogP contribution >= 0.6 is 0 Å². The molecule has 3 nitrogen and oxygen atoms in total. The lowest BCUT2D eigenvalue weighted by molar-refractivity contribution is -0.471. The van der Waals surface area contributed by atoms with Gasteiger partial charge in [-0.05, 0) is 5.56 Å². The number of rotatable bonds is 8. The summed E-state index contributed by atoms with van der Waals surface area (Å²) in [5, 5.41) is 11.8. The van der Waals surface area contributed by atoms with E-state index in [9.17, 15) is 5.21 Å². The average molecular weight is 295 g/mol. The van der Waals surface area contributed by atoms with E-state index in [0.29, 0.717) is 19.8 Å². The second kappa shape index (κ2) is 8.80. The summed E-state index contributed by atoms with van der Waals surface area (Å²) in [5.41, 5.74) is 2.16. The fraction of sp³-hybridized carbons (Fsp3) is 0.211. The summed E-state index contributed by atoms with van der Waals surface area (Å²) in [6, 6.07) is 19.7. The number of nitrogens with zero attached hydrogens (tertiary/aromatic N) is 1. The second-order valence-corrected chi connectivity index (χ2v) is 5.03. The van der Waals surface area contributed by atoms with Gasteiger partial charge < -0.3 is 9.94 Å². The molecule has 0 spiro atoms. The van der Waals surface area contributed by atoms with Crippen molar-refractivity contribution in [1.82, 2.24) is 0 Å². The fourth-order valence-corrected chi connectivity index (χ4v) is 2.16. The van der Waals surface area contributed by atoms with Crippen molar-refractivity contribution < 1.29 is 9.48 Å². The van der Waals surface area contributed by atoms with Gasteiger partial charge in [0, 0.05) is 11.5 Å². The van der Waals surface area contributed by atoms with Gasteiger partial charge in [-0.3, -0.25) is 0 Å². The molecule has 0 radical (unpaired) electrons. The molecule has 0 saturated heterocycles. The van der Waals surface area contributed by atoms with Gasteiger partial charge in [-0.25, -0.2) is 4.74 Å². The van der Waals surface area contributed by atoms with E-state index in [1.807, 2.05) is 54.6 Å². The Kier molecular flexibility index (Phi) is 6.39. The van der Waals surface area contributed by atoms with Gasteiger partial charge in [0.05, 0.1) is 6.61 Å². The van der Waals surface area contributed by atoms with Crippen LogP contribution in [0.3, 0.4) is 0 Å². The molecule has 0 fully saturated rings. The van der Waals surface area contributed by atoms with Gasteiger partial charge in [0.25, 0.3) is 0 Å². The molecule has 2 aromatic rings. The standard InChI is InChI=1S/C19H21NO2/c1-2-18(19-11-7-4-8-12-19)16-22-14-13-20(21)15-17-9-5-3-6-10-17/h2-13,18H,1,14-16H2/b20-13-. The van der Waals surface area contributed by atoms with E-state index in [2.05, 4.69) is 18.7 Å². The lowest BCUT2D eigenvalue weighted by Gasteiger charge is -2.12. The SMILES string of the molecule is C=CC(COC/C=[N+](\[O-])Cc1ccccc1)c1ccccc1. The number of benzene rings is 2. The Balaban J connectivity index is 1.78. The first-order valence-electron chi connectivity index (χ1n) is 7.36. The maximum absolute atomic E-state index is 11.8. The minimum absolute atomic E-state index is 0.142. The first-order valence-corrected chi connectivity index (χ1v) is 7.36. The zero-order valence-corrected chi connectivity index (χ0v) is 12.6. The molecule has 1 unspecified atom stereocenters. The Morgan fingerprint density at radius 1 is 1.05 bits per heavy atom. The molecule has 114 valence electrons. The lowest BCUT2D eigenvalue weighted by Crippen LogP contribution is -2.12. The van der Waals surface area contributed by atoms with Crippen molar-refractivity contribution in [1.29, 1.82) is 0 Å². The third kappa shape index (κ3) is 5.19. The Hall–Kier alpha value is -2.39. The minimum atomic E-state index is 0.142. The number of hydrogen-bond donors (Lipinski definition) is 0. The second-order valence-electron chi connectivity index (χ2n) is 5.03. The van der Waals surface area contributed by atoms with E-state index < -0.39 is 0 Å². The zero-order chi connectivity index (χ0) is 15.6. The third-order valence-electron chi connectivity index (χ3n) is 3.39. The molecule has 22 heavy (non-hydrogen) atoms. The molecule has 2 rings (SSSR count). The number of hydrogen-bond acceptors (Lipinski definition) is 2. The predicted octanol–water partition coefficient (Wildman–Crippen LogP) is 3.75. The van der Waals surface area contributed by atoms with Crippen LogP contribution in [0.25, 0.3) is 0 Å². The van der Waals surface area contributed by atoms with E-state index in [0.717, 1.165) is 10.3 Å². The van der Waals surface area contributed by atoms with Crippen LogP contribution in [0.4, 0.5) is 0 Å². The smallest absolute Gasteiger partial charge is 0.178 e. The van der Waals surface area contributed by atoms with E-state index in [-0.39, 0.29) is 5.92 Å². The van der Waals surface area contributed by atoms with Gasteiger partial charge in [0.15, 0.2) is 12.8 Å². The van der Waals surface area contributed by atoms with E-state index in [4.69, 9.17) is 4.74 Å². The molecule has 0 saturated carbocycles. The molecule has 2 aromatic carbocycles. The van der Waals surface area contributed by atoms with Crippen LogP contribution in [-0.4, -0.2) is 24.2 Å². The van der Waals surface area contributed by atoms with Crippen molar-refractivity contribution in [3.8, 4) is 0 Å². The molecule has 0 aliphatic carbocycles. The molecular formula is C19H21NO2. The Morgan fingerprint density at radius 2 is 1.68 bits per heavy atom. The molecule has 0 aromatic heterocycles. The summed E-state index contributed by atoms with van der Waals surface area (Å²) in [5.74, 6) is 0.142. The largest absolute Gasteiger partial charge is 0.624 e. The summed E-state index contributed by atoms with van der Waals surface area (Å²) in [6.45, 7) is 5.00. The van der Waals surface area contributed by atoms with Crippen LogP contribution in [0.1, 0.15) is 17.0 Å². The van der Waals surface area contributed by atoms with Gasteiger partial charge in [-0.1, -0.05) is 66.7 Å². The summed E-state index contributed by atoms with van der Waals surface area (Å²) >= 11 is 0. The zero-order valence-electron chi connectivity index (χ0n) is 12.6. The van der Waals surface area contributed by atoms with E-state index >= 15 is 0 Å². The van der Waals surface area contributed by atoms with Crippen molar-refractivity contribution in [3.05, 3.63) is 89.7 Å². The van der Waals surface area contributed by atoms with Crippen LogP contribution in [0.15, 0.2) is 73.3 Å². The van der Waals surface area contributed by atoms with Crippen molar-refractivity contribution >= 4 is 6.21 Å². The van der Waals surface area contributed by atoms with Crippen molar-refractivity contribution in [3.63, 3.8) is 0 Å². The first-order chi connectivity index (χ1) is 10.8. The molecule has 0 bridgehead atoms. The van der Waals surface area contributed by atoms with Crippen molar-refractivity contribution in [2.24, 2.45) is 0 Å². The highest BCUT2D eigenvalue weighted by Gasteiger charge is 2.07. The van der Waals surface area contributed by atoms with Crippen molar-refractivity contribution in [2.45, 2.75) is 12.5 Å². The Bertz CT molecular complexity index is 593. The molecule has 1 atom stereocenters. The predicted molar refractivity (Wildman–Crippen MR) is 90.0 cm³/mol. The van der Waals surface area contributed by atoms with Crippen LogP contribution in [0, 0.1) is 5.21 Å². The van der Waals surface area contributed by atoms with Crippen molar-refractivity contribution in [2.75, 3.05) is 13.2 Å². The number of ether oxygens (including phenoxy) is 1. The van der Waals surface area contributed by atoms with E-state index in [1.165, 1.54) is 11.8 Å². The molecular weight excluding hydrogens is 274 g/mol. The topological polar surface area (TPSA) is 35.3 Å². The molecule has 0 heterocycles. The normalized spacial score (nSPS) is 12.8. The fourth-order valence-electron chi connectivity index (χ4n) is 2.16. The molecule has 0 N–H and O–H groups in total. The quantitative estimate of drug-likeness (QED) is 0.186. The molecule has 0 amide bonds. The Labute approximate surface area is 131 Å². The lowest BCUT2D eigenvalue weighted by atomic mass is 10.0. The van der Waals surface area contributed by atoms with Gasteiger partial charge in [-0.2, -0.15) is 0 Å². The number of hydroxylamine groups is 1. The maximum Gasteiger partial charge on any atom is 0.178 e. The first kappa shape index (κ1) is 16.0. The van der Waals surface area contributed by atoms with Gasteiger partial charge >= 0.3 is 0 Å². The highest BCUT2D eigenvalue weighted by molar-refractivity contribution is 5.52.